The van der Waals surface area contributed by atoms with Gasteiger partial charge < -0.3 is 10.1 Å². The van der Waals surface area contributed by atoms with Crippen molar-refractivity contribution < 1.29 is 4.74 Å². The maximum Gasteiger partial charge on any atom is 0.118 e. The Morgan fingerprint density at radius 2 is 1.71 bits per heavy atom. The van der Waals surface area contributed by atoms with E-state index in [1.165, 1.54) is 37.7 Å². The molecule has 2 aliphatic carbocycles. The molecule has 0 bridgehead atoms. The summed E-state index contributed by atoms with van der Waals surface area (Å²) in [5, 5.41) is 3.98. The van der Waals surface area contributed by atoms with Crippen molar-refractivity contribution in [1.82, 2.24) is 5.32 Å². The van der Waals surface area contributed by atoms with Gasteiger partial charge in [0, 0.05) is 12.1 Å². The molecule has 4 unspecified atom stereocenters. The highest BCUT2D eigenvalue weighted by atomic mass is 16.5. The molecule has 2 fully saturated rings. The van der Waals surface area contributed by atoms with Gasteiger partial charge in [0.25, 0.3) is 0 Å². The van der Waals surface area contributed by atoms with E-state index in [0.717, 1.165) is 23.5 Å². The fourth-order valence-corrected chi connectivity index (χ4v) is 3.70. The van der Waals surface area contributed by atoms with Gasteiger partial charge in [-0.05, 0) is 67.6 Å². The molecule has 3 rings (SSSR count). The summed E-state index contributed by atoms with van der Waals surface area (Å²) in [5.74, 6) is 3.54. The highest BCUT2D eigenvalue weighted by Crippen LogP contribution is 2.42. The first-order chi connectivity index (χ1) is 10.2. The van der Waals surface area contributed by atoms with Crippen molar-refractivity contribution in [3.8, 4) is 5.75 Å². The summed E-state index contributed by atoms with van der Waals surface area (Å²) in [5.41, 5.74) is 1.43. The van der Waals surface area contributed by atoms with Crippen LogP contribution in [-0.2, 0) is 0 Å². The van der Waals surface area contributed by atoms with Crippen LogP contribution in [0.3, 0.4) is 0 Å². The molecule has 0 aromatic heterocycles. The van der Waals surface area contributed by atoms with E-state index in [-0.39, 0.29) is 0 Å². The fraction of sp³-hybridized carbons (Fsp3) is 0.684. The molecule has 0 saturated heterocycles. The minimum Gasteiger partial charge on any atom is -0.497 e. The third-order valence-electron chi connectivity index (χ3n) is 5.58. The summed E-state index contributed by atoms with van der Waals surface area (Å²) in [6.45, 7) is 4.82. The average Bonchev–Trinajstić information content (AvgIpc) is 3.33. The average molecular weight is 287 g/mol. The van der Waals surface area contributed by atoms with Gasteiger partial charge in [0.1, 0.15) is 5.75 Å². The van der Waals surface area contributed by atoms with Gasteiger partial charge in [0.2, 0.25) is 0 Å². The maximum atomic E-state index is 5.28. The molecule has 2 saturated carbocycles. The number of methoxy groups -OCH3 is 1. The van der Waals surface area contributed by atoms with E-state index >= 15 is 0 Å². The first kappa shape index (κ1) is 14.9. The molecule has 21 heavy (non-hydrogen) atoms. The molecule has 0 heterocycles. The molecule has 2 aliphatic rings. The van der Waals surface area contributed by atoms with Crippen LogP contribution in [-0.4, -0.2) is 13.2 Å². The normalized spacial score (nSPS) is 30.9. The summed E-state index contributed by atoms with van der Waals surface area (Å²) in [6.07, 6.45) is 6.80. The number of hydrogen-bond acceptors (Lipinski definition) is 2. The van der Waals surface area contributed by atoms with Crippen molar-refractivity contribution in [2.45, 2.75) is 58.0 Å². The summed E-state index contributed by atoms with van der Waals surface area (Å²) in [7, 11) is 1.73. The number of nitrogens with one attached hydrogen (secondary N) is 1. The number of rotatable bonds is 5. The van der Waals surface area contributed by atoms with Gasteiger partial charge in [-0.15, -0.1) is 0 Å². The van der Waals surface area contributed by atoms with Gasteiger partial charge in [-0.1, -0.05) is 26.0 Å². The summed E-state index contributed by atoms with van der Waals surface area (Å²) in [6, 6.07) is 9.91. The lowest BCUT2D eigenvalue weighted by Gasteiger charge is -2.35. The molecule has 0 aliphatic heterocycles. The Labute approximate surface area is 129 Å². The molecule has 4 atom stereocenters. The molecule has 1 aromatic carbocycles. The Morgan fingerprint density at radius 1 is 1.00 bits per heavy atom. The van der Waals surface area contributed by atoms with Crippen LogP contribution in [0.25, 0.3) is 0 Å². The Morgan fingerprint density at radius 3 is 2.29 bits per heavy atom. The lowest BCUT2D eigenvalue weighted by atomic mass is 9.78. The van der Waals surface area contributed by atoms with Crippen LogP contribution < -0.4 is 10.1 Å². The van der Waals surface area contributed by atoms with Gasteiger partial charge in [-0.25, -0.2) is 0 Å². The predicted octanol–water partition coefficient (Wildman–Crippen LogP) is 4.56. The minimum atomic E-state index is 0.543. The van der Waals surface area contributed by atoms with Gasteiger partial charge in [0.05, 0.1) is 7.11 Å². The van der Waals surface area contributed by atoms with Crippen LogP contribution in [0.5, 0.6) is 5.75 Å². The zero-order chi connectivity index (χ0) is 14.8. The molecule has 0 amide bonds. The third-order valence-corrected chi connectivity index (χ3v) is 5.58. The largest absolute Gasteiger partial charge is 0.497 e. The van der Waals surface area contributed by atoms with Crippen molar-refractivity contribution >= 4 is 0 Å². The van der Waals surface area contributed by atoms with Crippen LogP contribution >= 0.6 is 0 Å². The topological polar surface area (TPSA) is 21.3 Å². The van der Waals surface area contributed by atoms with E-state index in [2.05, 4.69) is 43.4 Å². The summed E-state index contributed by atoms with van der Waals surface area (Å²) in [4.78, 5) is 0. The first-order valence-corrected chi connectivity index (χ1v) is 8.57. The number of ether oxygens (including phenoxy) is 1. The van der Waals surface area contributed by atoms with Crippen LogP contribution in [0.2, 0.25) is 0 Å². The van der Waals surface area contributed by atoms with Gasteiger partial charge in [0.15, 0.2) is 0 Å². The van der Waals surface area contributed by atoms with E-state index < -0.39 is 0 Å². The van der Waals surface area contributed by atoms with Crippen molar-refractivity contribution in [1.29, 1.82) is 0 Å². The van der Waals surface area contributed by atoms with Crippen LogP contribution in [0.15, 0.2) is 24.3 Å². The molecular formula is C19H29NO. The minimum absolute atomic E-state index is 0.543. The molecule has 0 radical (unpaired) electrons. The second-order valence-corrected chi connectivity index (χ2v) is 7.22. The van der Waals surface area contributed by atoms with Crippen molar-refractivity contribution in [2.24, 2.45) is 17.8 Å². The zero-order valence-electron chi connectivity index (χ0n) is 13.6. The highest BCUT2D eigenvalue weighted by Gasteiger charge is 2.35. The monoisotopic (exact) mass is 287 g/mol. The Balaban J connectivity index is 1.67. The fourth-order valence-electron chi connectivity index (χ4n) is 3.70. The summed E-state index contributed by atoms with van der Waals surface area (Å²) < 4.78 is 5.28. The Bertz CT molecular complexity index is 451. The predicted molar refractivity (Wildman–Crippen MR) is 87.6 cm³/mol. The maximum absolute atomic E-state index is 5.28. The van der Waals surface area contributed by atoms with E-state index in [1.807, 2.05) is 0 Å². The molecule has 2 heteroatoms. The van der Waals surface area contributed by atoms with Crippen LogP contribution in [0.1, 0.15) is 57.6 Å². The third kappa shape index (κ3) is 3.60. The molecule has 2 nitrogen and oxygen atoms in total. The van der Waals surface area contributed by atoms with Crippen LogP contribution in [0.4, 0.5) is 0 Å². The second kappa shape index (κ2) is 6.39. The van der Waals surface area contributed by atoms with Gasteiger partial charge >= 0.3 is 0 Å². The summed E-state index contributed by atoms with van der Waals surface area (Å²) >= 11 is 0. The molecule has 116 valence electrons. The van der Waals surface area contributed by atoms with E-state index in [0.29, 0.717) is 12.1 Å². The number of hydrogen-bond donors (Lipinski definition) is 1. The van der Waals surface area contributed by atoms with Crippen molar-refractivity contribution in [3.63, 3.8) is 0 Å². The standard InChI is InChI=1S/C19H29NO/c1-13-4-9-17(12-14(13)2)20-19(15-5-6-15)16-7-10-18(21-3)11-8-16/h7-8,10-11,13-15,17,19-20H,4-6,9,12H2,1-3H3. The van der Waals surface area contributed by atoms with Gasteiger partial charge in [-0.2, -0.15) is 0 Å². The zero-order valence-corrected chi connectivity index (χ0v) is 13.6. The van der Waals surface area contributed by atoms with Gasteiger partial charge in [-0.3, -0.25) is 0 Å². The van der Waals surface area contributed by atoms with Crippen LogP contribution in [0, 0.1) is 17.8 Å². The van der Waals surface area contributed by atoms with E-state index in [9.17, 15) is 0 Å². The SMILES string of the molecule is COc1ccc(C(NC2CCC(C)C(C)C2)C2CC2)cc1. The quantitative estimate of drug-likeness (QED) is 0.857. The second-order valence-electron chi connectivity index (χ2n) is 7.22. The first-order valence-electron chi connectivity index (χ1n) is 8.57. The molecular weight excluding hydrogens is 258 g/mol. The highest BCUT2D eigenvalue weighted by molar-refractivity contribution is 5.30. The molecule has 0 spiro atoms. The smallest absolute Gasteiger partial charge is 0.118 e. The number of benzene rings is 1. The lowest BCUT2D eigenvalue weighted by molar-refractivity contribution is 0.210. The Hall–Kier alpha value is -1.02. The van der Waals surface area contributed by atoms with E-state index in [4.69, 9.17) is 4.74 Å². The lowest BCUT2D eigenvalue weighted by Crippen LogP contribution is -2.39. The van der Waals surface area contributed by atoms with Crippen molar-refractivity contribution in [2.75, 3.05) is 7.11 Å². The van der Waals surface area contributed by atoms with Crippen molar-refractivity contribution in [3.05, 3.63) is 29.8 Å². The Kier molecular flexibility index (Phi) is 4.54. The van der Waals surface area contributed by atoms with E-state index in [1.54, 1.807) is 7.11 Å². The molecule has 1 N–H and O–H groups in total. The molecule has 1 aromatic rings.